The second-order valence-corrected chi connectivity index (χ2v) is 5.02. The van der Waals surface area contributed by atoms with Crippen molar-refractivity contribution in [3.8, 4) is 11.1 Å². The van der Waals surface area contributed by atoms with Gasteiger partial charge in [-0.25, -0.2) is 0 Å². The summed E-state index contributed by atoms with van der Waals surface area (Å²) < 4.78 is 0. The molecule has 3 heteroatoms. The molecule has 0 saturated heterocycles. The van der Waals surface area contributed by atoms with Crippen molar-refractivity contribution in [2.24, 2.45) is 0 Å². The zero-order valence-corrected chi connectivity index (χ0v) is 11.1. The molecule has 2 aromatic heterocycles. The molecule has 0 fully saturated rings. The van der Waals surface area contributed by atoms with E-state index in [4.69, 9.17) is 0 Å². The van der Waals surface area contributed by atoms with E-state index in [0.29, 0.717) is 0 Å². The molecule has 0 radical (unpaired) electrons. The fourth-order valence-corrected chi connectivity index (χ4v) is 2.65. The second-order valence-electron chi connectivity index (χ2n) is 5.02. The first-order valence-corrected chi connectivity index (χ1v) is 6.60. The number of aryl methyl sites for hydroxylation is 1. The van der Waals surface area contributed by atoms with Gasteiger partial charge >= 0.3 is 0 Å². The van der Waals surface area contributed by atoms with E-state index in [9.17, 15) is 0 Å². The van der Waals surface area contributed by atoms with Crippen LogP contribution in [0.4, 0.5) is 0 Å². The Hall–Kier alpha value is -2.68. The summed E-state index contributed by atoms with van der Waals surface area (Å²) in [5.41, 5.74) is 6.51. The van der Waals surface area contributed by atoms with Crippen LogP contribution in [-0.4, -0.2) is 15.0 Å². The highest BCUT2D eigenvalue weighted by Gasteiger charge is 2.08. The van der Waals surface area contributed by atoms with Gasteiger partial charge < -0.3 is 4.98 Å². The average Bonchev–Trinajstić information content (AvgIpc) is 2.93. The van der Waals surface area contributed by atoms with Gasteiger partial charge in [-0.3, -0.25) is 9.97 Å². The Morgan fingerprint density at radius 1 is 0.950 bits per heavy atom. The molecule has 0 spiro atoms. The maximum Gasteiger partial charge on any atom is 0.0965 e. The Morgan fingerprint density at radius 3 is 2.80 bits per heavy atom. The van der Waals surface area contributed by atoms with Crippen molar-refractivity contribution in [3.05, 3.63) is 60.6 Å². The molecule has 0 saturated carbocycles. The Balaban J connectivity index is 2.05. The van der Waals surface area contributed by atoms with E-state index in [1.54, 1.807) is 12.4 Å². The van der Waals surface area contributed by atoms with Crippen LogP contribution >= 0.6 is 0 Å². The van der Waals surface area contributed by atoms with Gasteiger partial charge in [0.25, 0.3) is 0 Å². The van der Waals surface area contributed by atoms with Gasteiger partial charge in [0, 0.05) is 29.7 Å². The van der Waals surface area contributed by atoms with E-state index in [-0.39, 0.29) is 0 Å². The molecule has 0 unspecified atom stereocenters. The molecular formula is C17H13N3. The molecule has 0 aliphatic carbocycles. The van der Waals surface area contributed by atoms with E-state index in [2.05, 4.69) is 58.3 Å². The van der Waals surface area contributed by atoms with Crippen LogP contribution in [0.25, 0.3) is 33.1 Å². The van der Waals surface area contributed by atoms with E-state index >= 15 is 0 Å². The highest BCUT2D eigenvalue weighted by atomic mass is 14.8. The number of hydrogen-bond acceptors (Lipinski definition) is 2. The Bertz CT molecular complexity index is 922. The Labute approximate surface area is 116 Å². The lowest BCUT2D eigenvalue weighted by molar-refractivity contribution is 1.28. The van der Waals surface area contributed by atoms with Crippen LogP contribution in [0.1, 0.15) is 5.56 Å². The van der Waals surface area contributed by atoms with Crippen molar-refractivity contribution < 1.29 is 0 Å². The highest BCUT2D eigenvalue weighted by Crippen LogP contribution is 2.29. The highest BCUT2D eigenvalue weighted by molar-refractivity contribution is 5.95. The molecule has 3 nitrogen and oxygen atoms in total. The molecule has 96 valence electrons. The molecule has 0 amide bonds. The molecule has 0 aliphatic rings. The lowest BCUT2D eigenvalue weighted by Gasteiger charge is -2.07. The number of benzene rings is 2. The van der Waals surface area contributed by atoms with E-state index in [0.717, 1.165) is 27.7 Å². The average molecular weight is 259 g/mol. The minimum atomic E-state index is 0.939. The molecule has 0 atom stereocenters. The summed E-state index contributed by atoms with van der Waals surface area (Å²) in [4.78, 5) is 12.2. The van der Waals surface area contributed by atoms with E-state index < -0.39 is 0 Å². The number of rotatable bonds is 1. The SMILES string of the molecule is Cc1cc(-c2ccc3cc[nH]c3c2)c2nccnc2c1. The fraction of sp³-hybridized carbons (Fsp3) is 0.0588. The molecule has 2 heterocycles. The molecule has 20 heavy (non-hydrogen) atoms. The van der Waals surface area contributed by atoms with Gasteiger partial charge in [-0.05, 0) is 47.7 Å². The second kappa shape index (κ2) is 4.17. The van der Waals surface area contributed by atoms with Gasteiger partial charge in [0.05, 0.1) is 11.0 Å². The summed E-state index contributed by atoms with van der Waals surface area (Å²) in [6.07, 6.45) is 5.44. The minimum Gasteiger partial charge on any atom is -0.361 e. The number of fused-ring (bicyclic) bond motifs is 2. The smallest absolute Gasteiger partial charge is 0.0965 e. The van der Waals surface area contributed by atoms with Gasteiger partial charge in [-0.2, -0.15) is 0 Å². The normalized spacial score (nSPS) is 11.2. The predicted molar refractivity (Wildman–Crippen MR) is 81.6 cm³/mol. The number of aromatic nitrogens is 3. The summed E-state index contributed by atoms with van der Waals surface area (Å²) in [7, 11) is 0. The van der Waals surface area contributed by atoms with Gasteiger partial charge in [0.15, 0.2) is 0 Å². The van der Waals surface area contributed by atoms with Crippen molar-refractivity contribution in [2.75, 3.05) is 0 Å². The van der Waals surface area contributed by atoms with Crippen molar-refractivity contribution in [1.82, 2.24) is 15.0 Å². The van der Waals surface area contributed by atoms with Gasteiger partial charge in [-0.15, -0.1) is 0 Å². The molecule has 0 aliphatic heterocycles. The first-order valence-electron chi connectivity index (χ1n) is 6.60. The quantitative estimate of drug-likeness (QED) is 0.559. The number of hydrogen-bond donors (Lipinski definition) is 1. The van der Waals surface area contributed by atoms with Gasteiger partial charge in [-0.1, -0.05) is 12.1 Å². The summed E-state index contributed by atoms with van der Waals surface area (Å²) in [5, 5.41) is 1.22. The molecule has 4 rings (SSSR count). The Kier molecular flexibility index (Phi) is 2.33. The minimum absolute atomic E-state index is 0.939. The first kappa shape index (κ1) is 11.2. The van der Waals surface area contributed by atoms with Gasteiger partial charge in [0.2, 0.25) is 0 Å². The molecule has 0 bridgehead atoms. The molecule has 4 aromatic rings. The monoisotopic (exact) mass is 259 g/mol. The lowest BCUT2D eigenvalue weighted by Crippen LogP contribution is -1.89. The Morgan fingerprint density at radius 2 is 1.85 bits per heavy atom. The zero-order valence-electron chi connectivity index (χ0n) is 11.1. The number of nitrogens with zero attached hydrogens (tertiary/aromatic N) is 2. The fourth-order valence-electron chi connectivity index (χ4n) is 2.65. The standard InChI is InChI=1S/C17H13N3/c1-11-8-14(17-16(9-11)19-6-7-20-17)13-3-2-12-4-5-18-15(12)10-13/h2-10,18H,1H3. The third-order valence-electron chi connectivity index (χ3n) is 3.58. The number of nitrogens with one attached hydrogen (secondary N) is 1. The van der Waals surface area contributed by atoms with Crippen molar-refractivity contribution in [3.63, 3.8) is 0 Å². The van der Waals surface area contributed by atoms with Crippen LogP contribution in [0.15, 0.2) is 55.0 Å². The van der Waals surface area contributed by atoms with Crippen LogP contribution in [0, 0.1) is 6.92 Å². The summed E-state index contributed by atoms with van der Waals surface area (Å²) in [6, 6.07) is 12.7. The summed E-state index contributed by atoms with van der Waals surface area (Å²) >= 11 is 0. The van der Waals surface area contributed by atoms with Crippen LogP contribution in [-0.2, 0) is 0 Å². The zero-order chi connectivity index (χ0) is 13.5. The van der Waals surface area contributed by atoms with Crippen LogP contribution in [0.3, 0.4) is 0 Å². The topological polar surface area (TPSA) is 41.6 Å². The molecular weight excluding hydrogens is 246 g/mol. The number of aromatic amines is 1. The maximum absolute atomic E-state index is 4.49. The van der Waals surface area contributed by atoms with Crippen molar-refractivity contribution >= 4 is 21.9 Å². The first-order chi connectivity index (χ1) is 9.81. The van der Waals surface area contributed by atoms with Crippen LogP contribution < -0.4 is 0 Å². The lowest BCUT2D eigenvalue weighted by atomic mass is 10.0. The largest absolute Gasteiger partial charge is 0.361 e. The van der Waals surface area contributed by atoms with Crippen LogP contribution in [0.5, 0.6) is 0 Å². The van der Waals surface area contributed by atoms with Crippen molar-refractivity contribution in [2.45, 2.75) is 6.92 Å². The molecule has 2 aromatic carbocycles. The molecule has 1 N–H and O–H groups in total. The maximum atomic E-state index is 4.49. The summed E-state index contributed by atoms with van der Waals surface area (Å²) in [5.74, 6) is 0. The van der Waals surface area contributed by atoms with E-state index in [1.807, 2.05) is 6.20 Å². The van der Waals surface area contributed by atoms with Gasteiger partial charge in [0.1, 0.15) is 0 Å². The third kappa shape index (κ3) is 1.67. The van der Waals surface area contributed by atoms with Crippen LogP contribution in [0.2, 0.25) is 0 Å². The van der Waals surface area contributed by atoms with Crippen molar-refractivity contribution in [1.29, 1.82) is 0 Å². The predicted octanol–water partition coefficient (Wildman–Crippen LogP) is 4.09. The van der Waals surface area contributed by atoms with E-state index in [1.165, 1.54) is 10.9 Å². The summed E-state index contributed by atoms with van der Waals surface area (Å²) in [6.45, 7) is 2.09. The number of H-pyrrole nitrogens is 1. The third-order valence-corrected chi connectivity index (χ3v) is 3.58.